The molecule has 2 unspecified atom stereocenters. The second-order valence-electron chi connectivity index (χ2n) is 13.2. The van der Waals surface area contributed by atoms with Crippen molar-refractivity contribution in [3.63, 3.8) is 0 Å². The summed E-state index contributed by atoms with van der Waals surface area (Å²) in [7, 11) is -4.11. The number of piperidine rings is 3. The Morgan fingerprint density at radius 3 is 1.93 bits per heavy atom. The Morgan fingerprint density at radius 1 is 0.786 bits per heavy atom. The topological polar surface area (TPSA) is 94.1 Å². The average Bonchev–Trinajstić information content (AvgIpc) is 2.99. The number of ether oxygens (including phenoxy) is 1. The number of amides is 1. The van der Waals surface area contributed by atoms with Gasteiger partial charge in [0.15, 0.2) is 0 Å². The van der Waals surface area contributed by atoms with E-state index < -0.39 is 13.9 Å². The highest BCUT2D eigenvalue weighted by Crippen LogP contribution is 2.44. The Morgan fingerprint density at radius 2 is 1.36 bits per heavy atom. The number of carbonyl (C=O) groups excluding carboxylic acids is 1. The van der Waals surface area contributed by atoms with Crippen LogP contribution in [0.1, 0.15) is 142 Å². The fraction of sp³-hybridized carbons (Fsp3) is 0.970. The zero-order valence-corrected chi connectivity index (χ0v) is 28.2. The van der Waals surface area contributed by atoms with E-state index in [2.05, 4.69) is 12.2 Å². The molecule has 248 valence electrons. The smallest absolute Gasteiger partial charge is 0.449 e. The molecule has 1 amide bonds. The van der Waals surface area contributed by atoms with Crippen LogP contribution in [-0.4, -0.2) is 68.0 Å². The minimum atomic E-state index is -4.11. The largest absolute Gasteiger partial charge is 0.472 e. The van der Waals surface area contributed by atoms with Crippen molar-refractivity contribution in [2.24, 2.45) is 11.8 Å². The molecule has 2 N–H and O–H groups in total. The van der Waals surface area contributed by atoms with Crippen molar-refractivity contribution < 1.29 is 32.5 Å². The molecule has 3 saturated heterocycles. The highest BCUT2D eigenvalue weighted by atomic mass is 31.2. The molecule has 9 heteroatoms. The standard InChI is InChI=1S/C33H65N2O6P/c1-3-5-6-7-8-9-10-11-12-13-14-15-16-23-34-33(36)39-29-32(19-4-2)30-41-42(37,38)40-28-18-17-24-35-25-20-31(21-26-35)22-27-35/h31-32H,3-30H2,1-2H3,(H-,34,36,37,38)/p+1. The van der Waals surface area contributed by atoms with E-state index >= 15 is 0 Å². The van der Waals surface area contributed by atoms with E-state index in [4.69, 9.17) is 13.8 Å². The van der Waals surface area contributed by atoms with Gasteiger partial charge in [0.2, 0.25) is 0 Å². The number of rotatable bonds is 27. The molecular weight excluding hydrogens is 551 g/mol. The first-order valence-electron chi connectivity index (χ1n) is 17.8. The molecule has 0 saturated carbocycles. The van der Waals surface area contributed by atoms with Gasteiger partial charge >= 0.3 is 13.9 Å². The molecule has 0 radical (unpaired) electrons. The lowest BCUT2D eigenvalue weighted by Gasteiger charge is -2.49. The number of phosphoric ester groups is 1. The molecule has 0 spiro atoms. The van der Waals surface area contributed by atoms with E-state index in [0.717, 1.165) is 51.0 Å². The van der Waals surface area contributed by atoms with Gasteiger partial charge in [0.05, 0.1) is 46.0 Å². The highest BCUT2D eigenvalue weighted by molar-refractivity contribution is 7.47. The highest BCUT2D eigenvalue weighted by Gasteiger charge is 2.39. The van der Waals surface area contributed by atoms with E-state index in [1.165, 1.54) is 114 Å². The maximum Gasteiger partial charge on any atom is 0.472 e. The number of nitrogens with zero attached hydrogens (tertiary/aromatic N) is 1. The van der Waals surface area contributed by atoms with Crippen LogP contribution < -0.4 is 5.32 Å². The van der Waals surface area contributed by atoms with Gasteiger partial charge in [-0.2, -0.15) is 0 Å². The normalized spacial score (nSPS) is 22.1. The van der Waals surface area contributed by atoms with Crippen LogP contribution in [-0.2, 0) is 18.3 Å². The summed E-state index contributed by atoms with van der Waals surface area (Å²) in [6, 6.07) is 0. The molecule has 3 rings (SSSR count). The van der Waals surface area contributed by atoms with E-state index in [9.17, 15) is 14.3 Å². The summed E-state index contributed by atoms with van der Waals surface area (Å²) in [6.45, 7) is 10.4. The zero-order valence-electron chi connectivity index (χ0n) is 27.3. The number of fused-ring (bicyclic) bond motifs is 3. The third kappa shape index (κ3) is 17.6. The molecule has 3 aliphatic heterocycles. The van der Waals surface area contributed by atoms with E-state index in [0.29, 0.717) is 6.54 Å². The molecular formula is C33H66N2O6P+. The number of nitrogens with one attached hydrogen (secondary N) is 1. The van der Waals surface area contributed by atoms with Crippen LogP contribution in [0.15, 0.2) is 0 Å². The Balaban J connectivity index is 1.43. The summed E-state index contributed by atoms with van der Waals surface area (Å²) in [6.07, 6.45) is 23.9. The van der Waals surface area contributed by atoms with Gasteiger partial charge in [-0.05, 0) is 50.9 Å². The van der Waals surface area contributed by atoms with Crippen LogP contribution in [0, 0.1) is 11.8 Å². The van der Waals surface area contributed by atoms with Crippen molar-refractivity contribution in [1.82, 2.24) is 5.32 Å². The average molecular weight is 618 g/mol. The molecule has 3 fully saturated rings. The predicted octanol–water partition coefficient (Wildman–Crippen LogP) is 8.76. The molecule has 0 aromatic rings. The number of hydrogen-bond acceptors (Lipinski definition) is 5. The number of hydrogen-bond donors (Lipinski definition) is 2. The van der Waals surface area contributed by atoms with Crippen molar-refractivity contribution in [2.75, 3.05) is 52.5 Å². The Kier molecular flexibility index (Phi) is 20.4. The van der Waals surface area contributed by atoms with Crippen molar-refractivity contribution in [1.29, 1.82) is 0 Å². The fourth-order valence-electron chi connectivity index (χ4n) is 6.64. The minimum absolute atomic E-state index is 0.0366. The van der Waals surface area contributed by atoms with Gasteiger partial charge in [0.1, 0.15) is 0 Å². The van der Waals surface area contributed by atoms with Gasteiger partial charge < -0.3 is 19.4 Å². The summed E-state index contributed by atoms with van der Waals surface area (Å²) < 4.78 is 29.5. The van der Waals surface area contributed by atoms with Gasteiger partial charge in [-0.15, -0.1) is 0 Å². The zero-order chi connectivity index (χ0) is 30.4. The molecule has 42 heavy (non-hydrogen) atoms. The maximum absolute atomic E-state index is 12.4. The van der Waals surface area contributed by atoms with E-state index in [1.807, 2.05) is 6.92 Å². The molecule has 0 aromatic heterocycles. The predicted molar refractivity (Wildman–Crippen MR) is 171 cm³/mol. The second kappa shape index (κ2) is 22.8. The van der Waals surface area contributed by atoms with Gasteiger partial charge in [-0.25, -0.2) is 9.36 Å². The van der Waals surface area contributed by atoms with Crippen LogP contribution in [0.3, 0.4) is 0 Å². The second-order valence-corrected chi connectivity index (χ2v) is 14.6. The van der Waals surface area contributed by atoms with Gasteiger partial charge in [-0.3, -0.25) is 9.05 Å². The Labute approximate surface area is 258 Å². The fourth-order valence-corrected chi connectivity index (χ4v) is 7.47. The molecule has 0 aliphatic carbocycles. The molecule has 2 atom stereocenters. The monoisotopic (exact) mass is 617 g/mol. The first-order valence-corrected chi connectivity index (χ1v) is 19.2. The van der Waals surface area contributed by atoms with E-state index in [-0.39, 0.29) is 25.7 Å². The number of quaternary nitrogens is 1. The molecule has 8 nitrogen and oxygen atoms in total. The maximum atomic E-state index is 12.4. The van der Waals surface area contributed by atoms with Crippen LogP contribution in [0.4, 0.5) is 4.79 Å². The summed E-state index contributed by atoms with van der Waals surface area (Å²) in [5.41, 5.74) is 0. The number of carbonyl (C=O) groups is 1. The number of phosphoric acid groups is 1. The Bertz CT molecular complexity index is 718. The summed E-state index contributed by atoms with van der Waals surface area (Å²) in [5.74, 6) is 0.815. The Hall–Kier alpha value is -0.660. The molecule has 2 bridgehead atoms. The lowest BCUT2D eigenvalue weighted by Crippen LogP contribution is -2.58. The lowest BCUT2D eigenvalue weighted by molar-refractivity contribution is -0.942. The first-order chi connectivity index (χ1) is 20.4. The lowest BCUT2D eigenvalue weighted by atomic mass is 9.85. The summed E-state index contributed by atoms with van der Waals surface area (Å²) in [4.78, 5) is 22.3. The van der Waals surface area contributed by atoms with Crippen molar-refractivity contribution in [3.8, 4) is 0 Å². The summed E-state index contributed by atoms with van der Waals surface area (Å²) in [5, 5.41) is 2.83. The molecule has 3 aliphatic rings. The molecule has 0 aromatic carbocycles. The first kappa shape index (κ1) is 37.5. The van der Waals surface area contributed by atoms with Crippen LogP contribution in [0.25, 0.3) is 0 Å². The summed E-state index contributed by atoms with van der Waals surface area (Å²) >= 11 is 0. The van der Waals surface area contributed by atoms with Gasteiger partial charge in [-0.1, -0.05) is 97.3 Å². The minimum Gasteiger partial charge on any atom is -0.449 e. The third-order valence-electron chi connectivity index (χ3n) is 9.49. The van der Waals surface area contributed by atoms with Crippen molar-refractivity contribution in [3.05, 3.63) is 0 Å². The van der Waals surface area contributed by atoms with Crippen LogP contribution in [0.2, 0.25) is 0 Å². The number of unbranched alkanes of at least 4 members (excludes halogenated alkanes) is 13. The van der Waals surface area contributed by atoms with Crippen LogP contribution >= 0.6 is 7.82 Å². The van der Waals surface area contributed by atoms with Crippen molar-refractivity contribution >= 4 is 13.9 Å². The molecule has 3 heterocycles. The SMILES string of the molecule is CCCCCCCCCCCCCCCNC(=O)OCC(CCC)COP(=O)(O)OCCCC[N+]12CCC(CC1)CC2. The van der Waals surface area contributed by atoms with Crippen LogP contribution in [0.5, 0.6) is 0 Å². The quantitative estimate of drug-likeness (QED) is 0.0544. The van der Waals surface area contributed by atoms with Gasteiger partial charge in [0, 0.05) is 12.5 Å². The van der Waals surface area contributed by atoms with E-state index in [1.54, 1.807) is 0 Å². The van der Waals surface area contributed by atoms with Crippen molar-refractivity contribution in [2.45, 2.75) is 142 Å². The number of alkyl carbamates (subject to hydrolysis) is 1. The van der Waals surface area contributed by atoms with Gasteiger partial charge in [0.25, 0.3) is 0 Å². The third-order valence-corrected chi connectivity index (χ3v) is 10.5.